The van der Waals surface area contributed by atoms with E-state index in [9.17, 15) is 10.1 Å². The van der Waals surface area contributed by atoms with Crippen LogP contribution in [-0.2, 0) is 4.79 Å². The molecule has 23 heavy (non-hydrogen) atoms. The first kappa shape index (κ1) is 17.0. The molecule has 0 bridgehead atoms. The number of aromatic nitrogens is 1. The summed E-state index contributed by atoms with van der Waals surface area (Å²) in [6.07, 6.45) is 0.242. The Hall–Kier alpha value is -2.32. The summed E-state index contributed by atoms with van der Waals surface area (Å²) in [4.78, 5) is 12.3. The number of rotatable bonds is 5. The lowest BCUT2D eigenvalue weighted by Crippen LogP contribution is -2.28. The second-order valence-corrected chi connectivity index (χ2v) is 5.90. The Labute approximate surface area is 140 Å². The van der Waals surface area contributed by atoms with Crippen molar-refractivity contribution in [3.63, 3.8) is 0 Å². The van der Waals surface area contributed by atoms with Crippen LogP contribution in [0.5, 0.6) is 0 Å². The minimum atomic E-state index is -0.770. The van der Waals surface area contributed by atoms with E-state index in [-0.39, 0.29) is 18.2 Å². The number of nitrogens with zero attached hydrogens (tertiary/aromatic N) is 2. The van der Waals surface area contributed by atoms with Gasteiger partial charge >= 0.3 is 0 Å². The summed E-state index contributed by atoms with van der Waals surface area (Å²) in [5, 5.41) is 16.4. The van der Waals surface area contributed by atoms with Gasteiger partial charge < -0.3 is 9.84 Å². The van der Waals surface area contributed by atoms with Crippen LogP contribution in [0.15, 0.2) is 28.8 Å². The maximum atomic E-state index is 12.3. The number of benzene rings is 1. The van der Waals surface area contributed by atoms with Gasteiger partial charge in [-0.25, -0.2) is 0 Å². The normalized spacial score (nSPS) is 13.2. The van der Waals surface area contributed by atoms with Crippen molar-refractivity contribution in [2.75, 3.05) is 0 Å². The largest absolute Gasteiger partial charge is 0.361 e. The molecule has 0 aliphatic carbocycles. The molecule has 0 aliphatic heterocycles. The molecular formula is C17H18ClN3O2. The number of nitriles is 1. The SMILES string of the molecule is Cc1noc(C)c1[C@H](C)CC(=O)N[C@H](C#N)c1ccccc1Cl. The first-order valence-electron chi connectivity index (χ1n) is 7.30. The van der Waals surface area contributed by atoms with Gasteiger partial charge in [0, 0.05) is 22.6 Å². The molecule has 0 saturated carbocycles. The summed E-state index contributed by atoms with van der Waals surface area (Å²) < 4.78 is 5.13. The number of halogens is 1. The van der Waals surface area contributed by atoms with Gasteiger partial charge in [-0.15, -0.1) is 0 Å². The van der Waals surface area contributed by atoms with Gasteiger partial charge in [0.2, 0.25) is 5.91 Å². The molecule has 1 N–H and O–H groups in total. The van der Waals surface area contributed by atoms with Gasteiger partial charge in [0.15, 0.2) is 0 Å². The van der Waals surface area contributed by atoms with Crippen molar-refractivity contribution in [2.24, 2.45) is 0 Å². The molecule has 5 nitrogen and oxygen atoms in total. The van der Waals surface area contributed by atoms with Crippen LogP contribution in [0.2, 0.25) is 5.02 Å². The van der Waals surface area contributed by atoms with Gasteiger partial charge in [0.1, 0.15) is 11.8 Å². The maximum absolute atomic E-state index is 12.3. The van der Waals surface area contributed by atoms with Crippen molar-refractivity contribution in [2.45, 2.75) is 39.2 Å². The van der Waals surface area contributed by atoms with Crippen LogP contribution in [0.4, 0.5) is 0 Å². The smallest absolute Gasteiger partial charge is 0.221 e. The van der Waals surface area contributed by atoms with E-state index < -0.39 is 6.04 Å². The molecule has 0 radical (unpaired) electrons. The van der Waals surface area contributed by atoms with Crippen LogP contribution in [0.1, 0.15) is 47.9 Å². The van der Waals surface area contributed by atoms with Crippen LogP contribution < -0.4 is 5.32 Å². The first-order valence-corrected chi connectivity index (χ1v) is 7.68. The first-order chi connectivity index (χ1) is 10.9. The summed E-state index contributed by atoms with van der Waals surface area (Å²) in [5.74, 6) is 0.446. The van der Waals surface area contributed by atoms with E-state index in [4.69, 9.17) is 16.1 Å². The second-order valence-electron chi connectivity index (χ2n) is 5.49. The summed E-state index contributed by atoms with van der Waals surface area (Å²) in [5.41, 5.74) is 2.31. The zero-order valence-electron chi connectivity index (χ0n) is 13.3. The molecule has 6 heteroatoms. The standard InChI is InChI=1S/C17H18ClN3O2/c1-10(17-11(2)21-23-12(17)3)8-16(22)20-15(9-19)13-6-4-5-7-14(13)18/h4-7,10,15H,8H2,1-3H3,(H,20,22)/t10-,15-/m1/s1. The van der Waals surface area contributed by atoms with E-state index >= 15 is 0 Å². The van der Waals surface area contributed by atoms with Crippen molar-refractivity contribution in [3.05, 3.63) is 51.9 Å². The topological polar surface area (TPSA) is 78.9 Å². The highest BCUT2D eigenvalue weighted by molar-refractivity contribution is 6.31. The molecule has 2 aromatic rings. The average molecular weight is 332 g/mol. The van der Waals surface area contributed by atoms with Gasteiger partial charge in [-0.1, -0.05) is 41.9 Å². The predicted octanol–water partition coefficient (Wildman–Crippen LogP) is 3.82. The molecule has 0 fully saturated rings. The summed E-state index contributed by atoms with van der Waals surface area (Å²) in [6.45, 7) is 5.61. The molecule has 2 atom stereocenters. The molecule has 1 aromatic heterocycles. The fourth-order valence-electron chi connectivity index (χ4n) is 2.68. The molecule has 0 spiro atoms. The molecule has 120 valence electrons. The van der Waals surface area contributed by atoms with E-state index in [0.717, 1.165) is 11.3 Å². The van der Waals surface area contributed by atoms with Gasteiger partial charge in [0.05, 0.1) is 11.8 Å². The lowest BCUT2D eigenvalue weighted by Gasteiger charge is -2.16. The monoisotopic (exact) mass is 331 g/mol. The zero-order valence-corrected chi connectivity index (χ0v) is 14.0. The number of carbonyl (C=O) groups excluding carboxylic acids is 1. The lowest BCUT2D eigenvalue weighted by molar-refractivity contribution is -0.121. The Kier molecular flexibility index (Phi) is 5.41. The second kappa shape index (κ2) is 7.30. The van der Waals surface area contributed by atoms with Gasteiger partial charge in [-0.3, -0.25) is 4.79 Å². The highest BCUT2D eigenvalue weighted by Gasteiger charge is 2.22. The van der Waals surface area contributed by atoms with E-state index in [1.54, 1.807) is 24.3 Å². The summed E-state index contributed by atoms with van der Waals surface area (Å²) in [7, 11) is 0. The van der Waals surface area contributed by atoms with E-state index in [2.05, 4.69) is 16.5 Å². The Bertz CT molecular complexity index is 729. The molecule has 1 heterocycles. The van der Waals surface area contributed by atoms with Crippen LogP contribution >= 0.6 is 11.6 Å². The fourth-order valence-corrected chi connectivity index (χ4v) is 2.93. The van der Waals surface area contributed by atoms with Gasteiger partial charge in [0.25, 0.3) is 0 Å². The van der Waals surface area contributed by atoms with Crippen molar-refractivity contribution >= 4 is 17.5 Å². The van der Waals surface area contributed by atoms with Crippen LogP contribution in [0.3, 0.4) is 0 Å². The van der Waals surface area contributed by atoms with Crippen LogP contribution in [0.25, 0.3) is 0 Å². The van der Waals surface area contributed by atoms with Gasteiger partial charge in [-0.05, 0) is 25.8 Å². The molecule has 1 aromatic carbocycles. The quantitative estimate of drug-likeness (QED) is 0.903. The Balaban J connectivity index is 2.07. The van der Waals surface area contributed by atoms with Crippen molar-refractivity contribution in [1.29, 1.82) is 5.26 Å². The number of aryl methyl sites for hydroxylation is 2. The van der Waals surface area contributed by atoms with Crippen LogP contribution in [0, 0.1) is 25.2 Å². The Morgan fingerprint density at radius 2 is 2.13 bits per heavy atom. The molecular weight excluding hydrogens is 314 g/mol. The predicted molar refractivity (Wildman–Crippen MR) is 87.0 cm³/mol. The molecule has 0 unspecified atom stereocenters. The summed E-state index contributed by atoms with van der Waals surface area (Å²) >= 11 is 6.09. The van der Waals surface area contributed by atoms with Gasteiger partial charge in [-0.2, -0.15) is 5.26 Å². The van der Waals surface area contributed by atoms with Crippen molar-refractivity contribution in [1.82, 2.24) is 10.5 Å². The van der Waals surface area contributed by atoms with E-state index in [1.165, 1.54) is 0 Å². The minimum absolute atomic E-state index is 0.0492. The Morgan fingerprint density at radius 3 is 2.70 bits per heavy atom. The molecule has 1 amide bonds. The lowest BCUT2D eigenvalue weighted by atomic mass is 9.95. The zero-order chi connectivity index (χ0) is 17.0. The number of hydrogen-bond acceptors (Lipinski definition) is 4. The minimum Gasteiger partial charge on any atom is -0.361 e. The van der Waals surface area contributed by atoms with E-state index in [1.807, 2.05) is 20.8 Å². The van der Waals surface area contributed by atoms with E-state index in [0.29, 0.717) is 16.3 Å². The van der Waals surface area contributed by atoms with Crippen molar-refractivity contribution in [3.8, 4) is 6.07 Å². The average Bonchev–Trinajstić information content (AvgIpc) is 2.84. The molecule has 0 aliphatic rings. The fraction of sp³-hybridized carbons (Fsp3) is 0.353. The third-order valence-electron chi connectivity index (χ3n) is 3.72. The molecule has 2 rings (SSSR count). The highest BCUT2D eigenvalue weighted by atomic mass is 35.5. The number of nitrogens with one attached hydrogen (secondary N) is 1. The maximum Gasteiger partial charge on any atom is 0.221 e. The third kappa shape index (κ3) is 3.91. The number of hydrogen-bond donors (Lipinski definition) is 1. The van der Waals surface area contributed by atoms with Crippen LogP contribution in [-0.4, -0.2) is 11.1 Å². The number of carbonyl (C=O) groups is 1. The number of amides is 1. The molecule has 0 saturated heterocycles. The highest BCUT2D eigenvalue weighted by Crippen LogP contribution is 2.27. The summed E-state index contributed by atoms with van der Waals surface area (Å²) in [6, 6.07) is 8.29. The van der Waals surface area contributed by atoms with Crippen molar-refractivity contribution < 1.29 is 9.32 Å². The Morgan fingerprint density at radius 1 is 1.43 bits per heavy atom. The third-order valence-corrected chi connectivity index (χ3v) is 4.07.